The zero-order chi connectivity index (χ0) is 30.4. The van der Waals surface area contributed by atoms with Crippen LogP contribution in [0.15, 0.2) is 59.9 Å². The topological polar surface area (TPSA) is 63.6 Å². The molecule has 1 amide bonds. The number of alkyl halides is 9. The molecular formula is C26H17ClF9N3O2. The first-order valence-corrected chi connectivity index (χ1v) is 11.9. The smallest absolute Gasteiger partial charge is 0.374 e. The Kier molecular flexibility index (Phi) is 7.76. The fourth-order valence-corrected chi connectivity index (χ4v) is 4.24. The van der Waals surface area contributed by atoms with E-state index in [2.05, 4.69) is 20.3 Å². The molecule has 0 saturated carbocycles. The van der Waals surface area contributed by atoms with Crippen molar-refractivity contribution in [1.29, 1.82) is 0 Å². The van der Waals surface area contributed by atoms with E-state index >= 15 is 0 Å². The van der Waals surface area contributed by atoms with Gasteiger partial charge >= 0.3 is 18.5 Å². The van der Waals surface area contributed by atoms with Crippen LogP contribution < -0.4 is 5.32 Å². The van der Waals surface area contributed by atoms with Gasteiger partial charge in [-0.1, -0.05) is 28.9 Å². The van der Waals surface area contributed by atoms with Gasteiger partial charge in [-0.05, 0) is 60.0 Å². The minimum atomic E-state index is -5.46. The van der Waals surface area contributed by atoms with E-state index in [1.165, 1.54) is 37.4 Å². The SMILES string of the molecule is Cc1cc(C2=NOC(c3cc(C(F)(F)F)cc(C(F)(F)F)c3)(C(F)(F)F)C2)ccc1C(=O)NCc1ccc(Cl)nc1. The van der Waals surface area contributed by atoms with Crippen LogP contribution in [-0.4, -0.2) is 22.8 Å². The Balaban J connectivity index is 1.63. The Hall–Kier alpha value is -3.81. The molecule has 1 unspecified atom stereocenters. The highest BCUT2D eigenvalue weighted by Gasteiger charge is 2.63. The van der Waals surface area contributed by atoms with E-state index in [-0.39, 0.29) is 41.0 Å². The number of carbonyl (C=O) groups is 1. The second-order valence-corrected chi connectivity index (χ2v) is 9.51. The molecule has 0 spiro atoms. The van der Waals surface area contributed by atoms with Crippen molar-refractivity contribution in [3.63, 3.8) is 0 Å². The average Bonchev–Trinajstić information content (AvgIpc) is 3.34. The summed E-state index contributed by atoms with van der Waals surface area (Å²) in [6, 6.07) is 6.67. The van der Waals surface area contributed by atoms with Crippen LogP contribution in [0.2, 0.25) is 5.15 Å². The molecule has 2 aromatic carbocycles. The van der Waals surface area contributed by atoms with Crippen LogP contribution in [0.3, 0.4) is 0 Å². The Morgan fingerprint density at radius 2 is 1.59 bits per heavy atom. The molecule has 5 nitrogen and oxygen atoms in total. The third-order valence-electron chi connectivity index (χ3n) is 6.29. The van der Waals surface area contributed by atoms with Crippen molar-refractivity contribution in [3.05, 3.63) is 98.8 Å². The van der Waals surface area contributed by atoms with Crippen LogP contribution in [0, 0.1) is 6.92 Å². The first-order chi connectivity index (χ1) is 18.9. The van der Waals surface area contributed by atoms with Crippen LogP contribution in [0.5, 0.6) is 0 Å². The van der Waals surface area contributed by atoms with Gasteiger partial charge < -0.3 is 10.2 Å². The van der Waals surface area contributed by atoms with E-state index in [0.717, 1.165) is 0 Å². The summed E-state index contributed by atoms with van der Waals surface area (Å²) in [4.78, 5) is 21.2. The van der Waals surface area contributed by atoms with Crippen molar-refractivity contribution in [2.75, 3.05) is 0 Å². The van der Waals surface area contributed by atoms with E-state index in [0.29, 0.717) is 11.1 Å². The molecule has 15 heteroatoms. The van der Waals surface area contributed by atoms with Crippen LogP contribution in [0.4, 0.5) is 39.5 Å². The normalized spacial score (nSPS) is 17.7. The fraction of sp³-hybridized carbons (Fsp3) is 0.269. The largest absolute Gasteiger partial charge is 0.435 e. The molecule has 0 aliphatic carbocycles. The number of benzene rings is 2. The number of hydrogen-bond acceptors (Lipinski definition) is 4. The van der Waals surface area contributed by atoms with Gasteiger partial charge in [0.25, 0.3) is 11.5 Å². The molecule has 0 bridgehead atoms. The third kappa shape index (κ3) is 6.26. The molecule has 41 heavy (non-hydrogen) atoms. The number of halogens is 10. The summed E-state index contributed by atoms with van der Waals surface area (Å²) >= 11 is 5.72. The summed E-state index contributed by atoms with van der Waals surface area (Å²) in [6.45, 7) is 1.58. The molecule has 1 aromatic heterocycles. The van der Waals surface area contributed by atoms with Crippen molar-refractivity contribution in [1.82, 2.24) is 10.3 Å². The lowest BCUT2D eigenvalue weighted by Gasteiger charge is -2.30. The predicted molar refractivity (Wildman–Crippen MR) is 128 cm³/mol. The number of nitrogens with one attached hydrogen (secondary N) is 1. The number of amides is 1. The third-order valence-corrected chi connectivity index (χ3v) is 6.51. The summed E-state index contributed by atoms with van der Waals surface area (Å²) in [5.74, 6) is -0.526. The second kappa shape index (κ2) is 10.5. The molecule has 1 N–H and O–H groups in total. The summed E-state index contributed by atoms with van der Waals surface area (Å²) in [5, 5.41) is 6.30. The average molecular weight is 610 g/mol. The number of hydrogen-bond donors (Lipinski definition) is 1. The summed E-state index contributed by atoms with van der Waals surface area (Å²) < 4.78 is 123. The van der Waals surface area contributed by atoms with Gasteiger partial charge in [0.1, 0.15) is 5.15 Å². The van der Waals surface area contributed by atoms with Gasteiger partial charge in [0.15, 0.2) is 0 Å². The number of aryl methyl sites for hydroxylation is 1. The van der Waals surface area contributed by atoms with Gasteiger partial charge in [0, 0.05) is 30.3 Å². The quantitative estimate of drug-likeness (QED) is 0.239. The zero-order valence-corrected chi connectivity index (χ0v) is 21.4. The second-order valence-electron chi connectivity index (χ2n) is 9.13. The van der Waals surface area contributed by atoms with E-state index in [9.17, 15) is 44.3 Å². The van der Waals surface area contributed by atoms with Gasteiger partial charge in [0.2, 0.25) is 0 Å². The maximum atomic E-state index is 14.3. The Morgan fingerprint density at radius 1 is 0.951 bits per heavy atom. The number of oxime groups is 1. The van der Waals surface area contributed by atoms with Gasteiger partial charge in [-0.25, -0.2) is 4.98 Å². The van der Waals surface area contributed by atoms with Gasteiger partial charge in [-0.3, -0.25) is 4.79 Å². The van der Waals surface area contributed by atoms with E-state index < -0.39 is 58.9 Å². The maximum absolute atomic E-state index is 14.3. The van der Waals surface area contributed by atoms with E-state index in [1.807, 2.05) is 0 Å². The number of rotatable bonds is 5. The lowest BCUT2D eigenvalue weighted by molar-refractivity contribution is -0.276. The molecule has 218 valence electrons. The molecule has 4 rings (SSSR count). The molecule has 1 aliphatic heterocycles. The fourth-order valence-electron chi connectivity index (χ4n) is 4.13. The Bertz CT molecular complexity index is 1470. The predicted octanol–water partition coefficient (Wildman–Crippen LogP) is 7.59. The van der Waals surface area contributed by atoms with Crippen LogP contribution in [-0.2, 0) is 29.3 Å². The van der Waals surface area contributed by atoms with Crippen molar-refractivity contribution < 1.29 is 49.1 Å². The number of carbonyl (C=O) groups excluding carboxylic acids is 1. The number of aromatic nitrogens is 1. The monoisotopic (exact) mass is 609 g/mol. The van der Waals surface area contributed by atoms with Crippen LogP contribution in [0.1, 0.15) is 50.2 Å². The molecule has 0 fully saturated rings. The van der Waals surface area contributed by atoms with Gasteiger partial charge in [-0.15, -0.1) is 0 Å². The van der Waals surface area contributed by atoms with Crippen LogP contribution >= 0.6 is 11.6 Å². The zero-order valence-electron chi connectivity index (χ0n) is 20.6. The van der Waals surface area contributed by atoms with Gasteiger partial charge in [0.05, 0.1) is 16.8 Å². The van der Waals surface area contributed by atoms with Gasteiger partial charge in [-0.2, -0.15) is 39.5 Å². The van der Waals surface area contributed by atoms with Crippen LogP contribution in [0.25, 0.3) is 0 Å². The number of nitrogens with zero attached hydrogens (tertiary/aromatic N) is 2. The highest BCUT2D eigenvalue weighted by Crippen LogP contribution is 2.51. The lowest BCUT2D eigenvalue weighted by Crippen LogP contribution is -2.43. The highest BCUT2D eigenvalue weighted by molar-refractivity contribution is 6.29. The summed E-state index contributed by atoms with van der Waals surface area (Å²) in [5.41, 5.74) is -8.15. The van der Waals surface area contributed by atoms with Crippen molar-refractivity contribution in [2.45, 2.75) is 44.0 Å². The minimum absolute atomic E-state index is 0.0232. The lowest BCUT2D eigenvalue weighted by atomic mass is 9.84. The molecule has 2 heterocycles. The molecule has 0 saturated heterocycles. The molecule has 3 aromatic rings. The number of pyridine rings is 1. The van der Waals surface area contributed by atoms with Crippen molar-refractivity contribution in [2.24, 2.45) is 5.16 Å². The molecule has 1 aliphatic rings. The van der Waals surface area contributed by atoms with Crippen molar-refractivity contribution in [3.8, 4) is 0 Å². The van der Waals surface area contributed by atoms with Crippen molar-refractivity contribution >= 4 is 23.2 Å². The van der Waals surface area contributed by atoms with E-state index in [1.54, 1.807) is 6.07 Å². The van der Waals surface area contributed by atoms with E-state index in [4.69, 9.17) is 11.6 Å². The summed E-state index contributed by atoms with van der Waals surface area (Å²) in [6.07, 6.45) is -16.0. The summed E-state index contributed by atoms with van der Waals surface area (Å²) in [7, 11) is 0. The highest BCUT2D eigenvalue weighted by atomic mass is 35.5. The molecular weight excluding hydrogens is 593 g/mol. The Labute approximate surface area is 231 Å². The maximum Gasteiger partial charge on any atom is 0.435 e. The standard InChI is InChI=1S/C26H17ClF9N3O2/c1-13-6-15(3-4-19(13)22(40)38-12-14-2-5-21(27)37-11-14)20-10-23(41-39-20,26(34,35)36)16-7-17(24(28,29)30)9-18(8-16)25(31,32)33/h2-9,11H,10,12H2,1H3,(H,38,40). The first kappa shape index (κ1) is 30.2. The molecule has 1 atom stereocenters. The Morgan fingerprint density at radius 3 is 2.10 bits per heavy atom. The minimum Gasteiger partial charge on any atom is -0.374 e. The molecule has 0 radical (unpaired) electrons. The first-order valence-electron chi connectivity index (χ1n) is 11.5.